The standard InChI is InChI=1S/C14H15F3N4O3/c1-8-7-10(24-14(15,16)17)9(2)18-11(8)21-12(22)19-5-3-4-6-20(19)13(21)23/h7H,3-6H2,1-2H3. The third-order valence-electron chi connectivity index (χ3n) is 3.87. The number of nitrogens with zero attached hydrogens (tertiary/aromatic N) is 4. The molecule has 3 rings (SSSR count). The van der Waals surface area contributed by atoms with Crippen molar-refractivity contribution in [3.05, 3.63) is 38.3 Å². The van der Waals surface area contributed by atoms with Gasteiger partial charge in [0.2, 0.25) is 0 Å². The predicted molar refractivity (Wildman–Crippen MR) is 77.5 cm³/mol. The molecule has 0 atom stereocenters. The molecule has 0 fully saturated rings. The van der Waals surface area contributed by atoms with E-state index in [0.29, 0.717) is 13.1 Å². The van der Waals surface area contributed by atoms with Gasteiger partial charge in [-0.2, -0.15) is 4.57 Å². The second kappa shape index (κ2) is 5.53. The summed E-state index contributed by atoms with van der Waals surface area (Å²) in [5.41, 5.74) is -0.908. The Balaban J connectivity index is 2.15. The fraction of sp³-hybridized carbons (Fsp3) is 0.500. The van der Waals surface area contributed by atoms with E-state index < -0.39 is 23.5 Å². The second-order valence-electron chi connectivity index (χ2n) is 5.61. The van der Waals surface area contributed by atoms with Gasteiger partial charge in [0.25, 0.3) is 0 Å². The summed E-state index contributed by atoms with van der Waals surface area (Å²) in [6, 6.07) is 1.12. The van der Waals surface area contributed by atoms with Crippen LogP contribution in [0.2, 0.25) is 0 Å². The predicted octanol–water partition coefficient (Wildman–Crippen LogP) is 1.50. The van der Waals surface area contributed by atoms with Gasteiger partial charge in [-0.15, -0.1) is 13.2 Å². The minimum atomic E-state index is -4.84. The van der Waals surface area contributed by atoms with Crippen LogP contribution in [0.4, 0.5) is 13.2 Å². The summed E-state index contributed by atoms with van der Waals surface area (Å²) in [6.07, 6.45) is -3.27. The molecule has 2 aromatic heterocycles. The molecule has 7 nitrogen and oxygen atoms in total. The highest BCUT2D eigenvalue weighted by Gasteiger charge is 2.32. The van der Waals surface area contributed by atoms with Gasteiger partial charge in [0.05, 0.1) is 5.69 Å². The molecule has 0 saturated heterocycles. The highest BCUT2D eigenvalue weighted by Crippen LogP contribution is 2.27. The van der Waals surface area contributed by atoms with Crippen LogP contribution in [0.15, 0.2) is 15.7 Å². The lowest BCUT2D eigenvalue weighted by Gasteiger charge is -2.13. The molecular formula is C14H15F3N4O3. The summed E-state index contributed by atoms with van der Waals surface area (Å²) in [7, 11) is 0. The maximum absolute atomic E-state index is 12.5. The normalized spacial score (nSPS) is 14.5. The number of hydrogen-bond acceptors (Lipinski definition) is 4. The first-order valence-corrected chi connectivity index (χ1v) is 7.36. The number of alkyl halides is 3. The van der Waals surface area contributed by atoms with E-state index in [1.54, 1.807) is 0 Å². The number of aryl methyl sites for hydroxylation is 2. The van der Waals surface area contributed by atoms with Gasteiger partial charge < -0.3 is 4.74 Å². The van der Waals surface area contributed by atoms with E-state index in [9.17, 15) is 22.8 Å². The molecule has 24 heavy (non-hydrogen) atoms. The number of halogens is 3. The molecule has 1 aliphatic rings. The van der Waals surface area contributed by atoms with Crippen molar-refractivity contribution >= 4 is 0 Å². The van der Waals surface area contributed by atoms with E-state index in [1.807, 2.05) is 0 Å². The number of hydrogen-bond donors (Lipinski definition) is 0. The van der Waals surface area contributed by atoms with Crippen molar-refractivity contribution in [2.45, 2.75) is 46.1 Å². The average molecular weight is 344 g/mol. The van der Waals surface area contributed by atoms with Gasteiger partial charge in [0, 0.05) is 13.1 Å². The van der Waals surface area contributed by atoms with Crippen molar-refractivity contribution in [2.24, 2.45) is 0 Å². The Labute approximate surface area is 133 Å². The molecule has 1 aliphatic heterocycles. The van der Waals surface area contributed by atoms with Crippen LogP contribution in [0.25, 0.3) is 5.82 Å². The van der Waals surface area contributed by atoms with Crippen molar-refractivity contribution in [1.82, 2.24) is 18.9 Å². The molecule has 0 radical (unpaired) electrons. The first-order valence-electron chi connectivity index (χ1n) is 7.36. The Morgan fingerprint density at radius 3 is 2.12 bits per heavy atom. The van der Waals surface area contributed by atoms with E-state index in [4.69, 9.17) is 0 Å². The van der Waals surface area contributed by atoms with Gasteiger partial charge in [0.1, 0.15) is 5.82 Å². The number of aromatic nitrogens is 4. The molecule has 3 heterocycles. The van der Waals surface area contributed by atoms with Gasteiger partial charge in [-0.05, 0) is 38.3 Å². The van der Waals surface area contributed by atoms with Crippen LogP contribution < -0.4 is 16.1 Å². The van der Waals surface area contributed by atoms with Crippen LogP contribution in [0.1, 0.15) is 24.1 Å². The summed E-state index contributed by atoms with van der Waals surface area (Å²) in [5, 5.41) is 0. The quantitative estimate of drug-likeness (QED) is 0.828. The molecular weight excluding hydrogens is 329 g/mol. The molecule has 0 saturated carbocycles. The van der Waals surface area contributed by atoms with E-state index >= 15 is 0 Å². The van der Waals surface area contributed by atoms with Crippen molar-refractivity contribution in [3.8, 4) is 11.6 Å². The molecule has 0 aromatic carbocycles. The number of fused-ring (bicyclic) bond motifs is 1. The maximum Gasteiger partial charge on any atom is 0.573 e. The Morgan fingerprint density at radius 1 is 1.08 bits per heavy atom. The van der Waals surface area contributed by atoms with Crippen molar-refractivity contribution in [1.29, 1.82) is 0 Å². The molecule has 0 unspecified atom stereocenters. The monoisotopic (exact) mass is 344 g/mol. The largest absolute Gasteiger partial charge is 0.573 e. The van der Waals surface area contributed by atoms with Crippen LogP contribution in [-0.4, -0.2) is 25.3 Å². The molecule has 0 amide bonds. The van der Waals surface area contributed by atoms with E-state index in [1.165, 1.54) is 23.2 Å². The summed E-state index contributed by atoms with van der Waals surface area (Å²) in [6.45, 7) is 3.64. The fourth-order valence-electron chi connectivity index (χ4n) is 2.78. The second-order valence-corrected chi connectivity index (χ2v) is 5.61. The van der Waals surface area contributed by atoms with E-state index in [-0.39, 0.29) is 17.1 Å². The summed E-state index contributed by atoms with van der Waals surface area (Å²) < 4.78 is 44.7. The van der Waals surface area contributed by atoms with Crippen molar-refractivity contribution in [3.63, 3.8) is 0 Å². The Hall–Kier alpha value is -2.52. The zero-order valence-corrected chi connectivity index (χ0v) is 13.1. The average Bonchev–Trinajstić information content (AvgIpc) is 2.74. The zero-order chi connectivity index (χ0) is 17.6. The third kappa shape index (κ3) is 2.72. The third-order valence-corrected chi connectivity index (χ3v) is 3.87. The van der Waals surface area contributed by atoms with Gasteiger partial charge >= 0.3 is 17.7 Å². The Bertz CT molecular complexity index is 870. The summed E-state index contributed by atoms with van der Waals surface area (Å²) in [4.78, 5) is 28.9. The molecule has 10 heteroatoms. The zero-order valence-electron chi connectivity index (χ0n) is 13.1. The SMILES string of the molecule is Cc1cc(OC(F)(F)F)c(C)nc1-n1c(=O)n2n(c1=O)CCCC2. The van der Waals surface area contributed by atoms with Gasteiger partial charge in [-0.1, -0.05) is 0 Å². The van der Waals surface area contributed by atoms with Crippen LogP contribution in [0, 0.1) is 13.8 Å². The fourth-order valence-corrected chi connectivity index (χ4v) is 2.78. The van der Waals surface area contributed by atoms with Crippen molar-refractivity contribution in [2.75, 3.05) is 0 Å². The first kappa shape index (κ1) is 16.3. The van der Waals surface area contributed by atoms with Crippen LogP contribution in [-0.2, 0) is 13.1 Å². The smallest absolute Gasteiger partial charge is 0.404 e. The van der Waals surface area contributed by atoms with Crippen molar-refractivity contribution < 1.29 is 17.9 Å². The summed E-state index contributed by atoms with van der Waals surface area (Å²) >= 11 is 0. The highest BCUT2D eigenvalue weighted by molar-refractivity contribution is 5.41. The highest BCUT2D eigenvalue weighted by atomic mass is 19.4. The van der Waals surface area contributed by atoms with E-state index in [0.717, 1.165) is 23.5 Å². The lowest BCUT2D eigenvalue weighted by Crippen LogP contribution is -2.30. The number of pyridine rings is 1. The van der Waals surface area contributed by atoms with Crippen LogP contribution in [0.3, 0.4) is 0 Å². The van der Waals surface area contributed by atoms with Crippen LogP contribution >= 0.6 is 0 Å². The molecule has 130 valence electrons. The molecule has 0 aliphatic carbocycles. The lowest BCUT2D eigenvalue weighted by atomic mass is 10.2. The maximum atomic E-state index is 12.5. The molecule has 0 N–H and O–H groups in total. The molecule has 0 spiro atoms. The Kier molecular flexibility index (Phi) is 3.77. The van der Waals surface area contributed by atoms with E-state index in [2.05, 4.69) is 9.72 Å². The summed E-state index contributed by atoms with van der Waals surface area (Å²) in [5.74, 6) is -0.438. The minimum absolute atomic E-state index is 0.0198. The minimum Gasteiger partial charge on any atom is -0.404 e. The molecule has 0 bridgehead atoms. The number of ether oxygens (including phenoxy) is 1. The molecule has 2 aromatic rings. The lowest BCUT2D eigenvalue weighted by molar-refractivity contribution is -0.275. The van der Waals surface area contributed by atoms with Crippen LogP contribution in [0.5, 0.6) is 5.75 Å². The topological polar surface area (TPSA) is 71.1 Å². The Morgan fingerprint density at radius 2 is 1.62 bits per heavy atom. The first-order chi connectivity index (χ1) is 11.2. The van der Waals surface area contributed by atoms with Gasteiger partial charge in [0.15, 0.2) is 5.75 Å². The number of rotatable bonds is 2. The van der Waals surface area contributed by atoms with Gasteiger partial charge in [-0.25, -0.2) is 23.9 Å². The van der Waals surface area contributed by atoms with Gasteiger partial charge in [-0.3, -0.25) is 0 Å².